The molecule has 20 heavy (non-hydrogen) atoms. The Labute approximate surface area is 120 Å². The van der Waals surface area contributed by atoms with Crippen LogP contribution in [0.4, 0.5) is 5.95 Å². The van der Waals surface area contributed by atoms with Crippen molar-refractivity contribution in [2.45, 2.75) is 52.0 Å². The van der Waals surface area contributed by atoms with E-state index in [0.29, 0.717) is 17.6 Å². The maximum Gasteiger partial charge on any atom is 0.256 e. The van der Waals surface area contributed by atoms with Crippen LogP contribution in [0.3, 0.4) is 0 Å². The summed E-state index contributed by atoms with van der Waals surface area (Å²) in [5, 5.41) is 3.20. The zero-order chi connectivity index (χ0) is 14.4. The summed E-state index contributed by atoms with van der Waals surface area (Å²) in [5.41, 5.74) is 0.585. The molecular formula is C15H24N4O. The van der Waals surface area contributed by atoms with Crippen LogP contribution in [0.25, 0.3) is 0 Å². The molecule has 1 aromatic rings. The van der Waals surface area contributed by atoms with E-state index < -0.39 is 0 Å². The number of carbonyl (C=O) groups excluding carboxylic acids is 1. The van der Waals surface area contributed by atoms with Gasteiger partial charge in [-0.1, -0.05) is 19.8 Å². The SMILES string of the molecule is CCC(C)Nc1ncc(C(=O)N2CCCCCC2)cn1. The van der Waals surface area contributed by atoms with E-state index in [4.69, 9.17) is 0 Å². The highest BCUT2D eigenvalue weighted by Crippen LogP contribution is 2.13. The van der Waals surface area contributed by atoms with E-state index in [0.717, 1.165) is 32.4 Å². The third-order valence-corrected chi connectivity index (χ3v) is 3.78. The fraction of sp³-hybridized carbons (Fsp3) is 0.667. The lowest BCUT2D eigenvalue weighted by atomic mass is 10.2. The average molecular weight is 276 g/mol. The number of anilines is 1. The number of nitrogens with one attached hydrogen (secondary N) is 1. The summed E-state index contributed by atoms with van der Waals surface area (Å²) >= 11 is 0. The minimum Gasteiger partial charge on any atom is -0.352 e. The van der Waals surface area contributed by atoms with Gasteiger partial charge in [0.05, 0.1) is 5.56 Å². The van der Waals surface area contributed by atoms with Crippen LogP contribution in [0.15, 0.2) is 12.4 Å². The molecular weight excluding hydrogens is 252 g/mol. The number of hydrogen-bond acceptors (Lipinski definition) is 4. The average Bonchev–Trinajstić information content (AvgIpc) is 2.76. The number of rotatable bonds is 4. The minimum atomic E-state index is 0.0574. The summed E-state index contributed by atoms with van der Waals surface area (Å²) in [6, 6.07) is 0.335. The van der Waals surface area contributed by atoms with E-state index in [2.05, 4.69) is 29.1 Å². The number of hydrogen-bond donors (Lipinski definition) is 1. The molecule has 0 bridgehead atoms. The topological polar surface area (TPSA) is 58.1 Å². The number of nitrogens with zero attached hydrogens (tertiary/aromatic N) is 3. The molecule has 1 saturated heterocycles. The van der Waals surface area contributed by atoms with Crippen molar-refractivity contribution < 1.29 is 4.79 Å². The summed E-state index contributed by atoms with van der Waals surface area (Å²) in [6.45, 7) is 5.89. The number of carbonyl (C=O) groups is 1. The lowest BCUT2D eigenvalue weighted by Gasteiger charge is -2.20. The Morgan fingerprint density at radius 3 is 2.40 bits per heavy atom. The van der Waals surface area contributed by atoms with Gasteiger partial charge in [0, 0.05) is 31.5 Å². The van der Waals surface area contributed by atoms with Crippen LogP contribution in [0.2, 0.25) is 0 Å². The Hall–Kier alpha value is -1.65. The Morgan fingerprint density at radius 2 is 1.85 bits per heavy atom. The molecule has 1 aromatic heterocycles. The van der Waals surface area contributed by atoms with Crippen LogP contribution < -0.4 is 5.32 Å². The maximum absolute atomic E-state index is 12.4. The van der Waals surface area contributed by atoms with E-state index in [9.17, 15) is 4.79 Å². The Kier molecular flexibility index (Phi) is 5.32. The van der Waals surface area contributed by atoms with Crippen LogP contribution in [0.5, 0.6) is 0 Å². The smallest absolute Gasteiger partial charge is 0.256 e. The third kappa shape index (κ3) is 3.92. The molecule has 5 heteroatoms. The normalized spacial score (nSPS) is 17.4. The van der Waals surface area contributed by atoms with Gasteiger partial charge in [-0.3, -0.25) is 4.79 Å². The van der Waals surface area contributed by atoms with Crippen molar-refractivity contribution >= 4 is 11.9 Å². The molecule has 0 aliphatic carbocycles. The first kappa shape index (κ1) is 14.8. The molecule has 1 N–H and O–H groups in total. The first-order chi connectivity index (χ1) is 9.70. The minimum absolute atomic E-state index is 0.0574. The molecule has 1 amide bonds. The fourth-order valence-corrected chi connectivity index (χ4v) is 2.29. The van der Waals surface area contributed by atoms with Gasteiger partial charge in [0.15, 0.2) is 0 Å². The summed E-state index contributed by atoms with van der Waals surface area (Å²) in [5.74, 6) is 0.647. The van der Waals surface area contributed by atoms with Crippen LogP contribution in [0, 0.1) is 0 Å². The third-order valence-electron chi connectivity index (χ3n) is 3.78. The summed E-state index contributed by atoms with van der Waals surface area (Å²) in [7, 11) is 0. The second-order valence-electron chi connectivity index (χ2n) is 5.46. The van der Waals surface area contributed by atoms with Gasteiger partial charge in [0.2, 0.25) is 5.95 Å². The van der Waals surface area contributed by atoms with Crippen molar-refractivity contribution in [2.24, 2.45) is 0 Å². The summed E-state index contributed by atoms with van der Waals surface area (Å²) in [6.07, 6.45) is 8.91. The first-order valence-electron chi connectivity index (χ1n) is 7.58. The lowest BCUT2D eigenvalue weighted by Crippen LogP contribution is -2.32. The molecule has 2 heterocycles. The van der Waals surface area contributed by atoms with Crippen molar-refractivity contribution in [2.75, 3.05) is 18.4 Å². The van der Waals surface area contributed by atoms with Crippen LogP contribution >= 0.6 is 0 Å². The molecule has 110 valence electrons. The molecule has 1 atom stereocenters. The van der Waals surface area contributed by atoms with E-state index in [-0.39, 0.29) is 5.91 Å². The molecule has 0 spiro atoms. The molecule has 0 aromatic carbocycles. The quantitative estimate of drug-likeness (QED) is 0.918. The van der Waals surface area contributed by atoms with E-state index in [1.807, 2.05) is 4.90 Å². The van der Waals surface area contributed by atoms with Gasteiger partial charge >= 0.3 is 0 Å². The van der Waals surface area contributed by atoms with Crippen molar-refractivity contribution in [3.8, 4) is 0 Å². The summed E-state index contributed by atoms with van der Waals surface area (Å²) in [4.78, 5) is 22.8. The van der Waals surface area contributed by atoms with Gasteiger partial charge in [0.1, 0.15) is 0 Å². The standard InChI is InChI=1S/C15H24N4O/c1-3-12(2)18-15-16-10-13(11-17-15)14(20)19-8-6-4-5-7-9-19/h10-12H,3-9H2,1-2H3,(H,16,17,18). The predicted molar refractivity (Wildman–Crippen MR) is 79.8 cm³/mol. The molecule has 0 radical (unpaired) electrons. The zero-order valence-electron chi connectivity index (χ0n) is 12.4. The molecule has 5 nitrogen and oxygen atoms in total. The molecule has 0 saturated carbocycles. The molecule has 1 unspecified atom stereocenters. The van der Waals surface area contributed by atoms with Crippen molar-refractivity contribution in [3.63, 3.8) is 0 Å². The highest BCUT2D eigenvalue weighted by molar-refractivity contribution is 5.93. The number of likely N-dealkylation sites (tertiary alicyclic amines) is 1. The van der Waals surface area contributed by atoms with Gasteiger partial charge in [-0.15, -0.1) is 0 Å². The highest BCUT2D eigenvalue weighted by Gasteiger charge is 2.18. The second-order valence-corrected chi connectivity index (χ2v) is 5.46. The van der Waals surface area contributed by atoms with Gasteiger partial charge in [-0.05, 0) is 26.2 Å². The van der Waals surface area contributed by atoms with Crippen LogP contribution in [-0.4, -0.2) is 39.9 Å². The van der Waals surface area contributed by atoms with Gasteiger partial charge in [0.25, 0.3) is 5.91 Å². The van der Waals surface area contributed by atoms with E-state index in [1.165, 1.54) is 12.8 Å². The number of aromatic nitrogens is 2. The Morgan fingerprint density at radius 1 is 1.25 bits per heavy atom. The van der Waals surface area contributed by atoms with Crippen LogP contribution in [0.1, 0.15) is 56.3 Å². The maximum atomic E-state index is 12.4. The number of amides is 1. The molecule has 1 fully saturated rings. The monoisotopic (exact) mass is 276 g/mol. The van der Waals surface area contributed by atoms with Gasteiger partial charge in [-0.25, -0.2) is 9.97 Å². The highest BCUT2D eigenvalue weighted by atomic mass is 16.2. The van der Waals surface area contributed by atoms with E-state index in [1.54, 1.807) is 12.4 Å². The van der Waals surface area contributed by atoms with Crippen molar-refractivity contribution in [3.05, 3.63) is 18.0 Å². The Balaban J connectivity index is 1.99. The lowest BCUT2D eigenvalue weighted by molar-refractivity contribution is 0.0761. The largest absolute Gasteiger partial charge is 0.352 e. The Bertz CT molecular complexity index is 424. The second kappa shape index (κ2) is 7.22. The van der Waals surface area contributed by atoms with E-state index >= 15 is 0 Å². The first-order valence-corrected chi connectivity index (χ1v) is 7.58. The van der Waals surface area contributed by atoms with Crippen LogP contribution in [-0.2, 0) is 0 Å². The fourth-order valence-electron chi connectivity index (χ4n) is 2.29. The van der Waals surface area contributed by atoms with Crippen molar-refractivity contribution in [1.29, 1.82) is 0 Å². The zero-order valence-corrected chi connectivity index (χ0v) is 12.4. The summed E-state index contributed by atoms with van der Waals surface area (Å²) < 4.78 is 0. The van der Waals surface area contributed by atoms with Gasteiger partial charge in [-0.2, -0.15) is 0 Å². The molecule has 1 aliphatic heterocycles. The predicted octanol–water partition coefficient (Wildman–Crippen LogP) is 2.70. The molecule has 1 aliphatic rings. The van der Waals surface area contributed by atoms with Gasteiger partial charge < -0.3 is 10.2 Å². The molecule has 2 rings (SSSR count). The van der Waals surface area contributed by atoms with Crippen molar-refractivity contribution in [1.82, 2.24) is 14.9 Å².